The SMILES string of the molecule is Cc1cccc(C)c1CNc1cc(C(=O)N2CCN(CCO)CC2)cc2c(C)c(C)n(Cc3ccccc3)c12. The maximum Gasteiger partial charge on any atom is 0.254 e. The molecule has 5 rings (SSSR count). The monoisotopic (exact) mass is 524 g/mol. The Labute approximate surface area is 231 Å². The molecule has 6 nitrogen and oxygen atoms in total. The molecule has 1 fully saturated rings. The van der Waals surface area contributed by atoms with E-state index in [-0.39, 0.29) is 12.5 Å². The molecule has 1 aromatic heterocycles. The molecular weight excluding hydrogens is 484 g/mol. The Balaban J connectivity index is 1.55. The van der Waals surface area contributed by atoms with Crippen molar-refractivity contribution in [2.24, 2.45) is 0 Å². The summed E-state index contributed by atoms with van der Waals surface area (Å²) in [6.45, 7) is 13.9. The number of β-amino-alcohol motifs (C(OH)–C–C–N with tert-alkyl or cyclic N) is 1. The van der Waals surface area contributed by atoms with Crippen LogP contribution < -0.4 is 5.32 Å². The number of hydrogen-bond donors (Lipinski definition) is 2. The van der Waals surface area contributed by atoms with Gasteiger partial charge in [0.15, 0.2) is 0 Å². The number of aromatic nitrogens is 1. The molecule has 6 heteroatoms. The molecule has 2 N–H and O–H groups in total. The Hall–Kier alpha value is -3.61. The van der Waals surface area contributed by atoms with Gasteiger partial charge in [-0.15, -0.1) is 0 Å². The first-order valence-electron chi connectivity index (χ1n) is 14.0. The van der Waals surface area contributed by atoms with Gasteiger partial charge in [0.1, 0.15) is 0 Å². The zero-order chi connectivity index (χ0) is 27.5. The average molecular weight is 525 g/mol. The number of aryl methyl sites for hydroxylation is 3. The molecule has 0 radical (unpaired) electrons. The van der Waals surface area contributed by atoms with Gasteiger partial charge < -0.3 is 19.9 Å². The third kappa shape index (κ3) is 5.58. The van der Waals surface area contributed by atoms with Crippen LogP contribution in [0.4, 0.5) is 5.69 Å². The predicted octanol–water partition coefficient (Wildman–Crippen LogP) is 5.29. The maximum atomic E-state index is 13.8. The minimum absolute atomic E-state index is 0.0727. The quantitative estimate of drug-likeness (QED) is 0.329. The lowest BCUT2D eigenvalue weighted by molar-refractivity contribution is 0.0615. The minimum atomic E-state index is 0.0727. The Morgan fingerprint density at radius 1 is 0.897 bits per heavy atom. The van der Waals surface area contributed by atoms with Crippen LogP contribution in [0.15, 0.2) is 60.7 Å². The normalized spacial score (nSPS) is 14.2. The number of carbonyl (C=O) groups excluding carboxylic acids is 1. The summed E-state index contributed by atoms with van der Waals surface area (Å²) in [6.07, 6.45) is 0. The number of anilines is 1. The van der Waals surface area contributed by atoms with Gasteiger partial charge in [-0.2, -0.15) is 0 Å². The van der Waals surface area contributed by atoms with Crippen LogP contribution in [0.5, 0.6) is 0 Å². The molecule has 0 aliphatic carbocycles. The lowest BCUT2D eigenvalue weighted by Gasteiger charge is -2.34. The number of aliphatic hydroxyl groups excluding tert-OH is 1. The fourth-order valence-electron chi connectivity index (χ4n) is 5.81. The topological polar surface area (TPSA) is 60.7 Å². The molecule has 0 saturated carbocycles. The standard InChI is InChI=1S/C33H40N4O2/c1-23-9-8-10-24(2)30(23)21-34-31-20-28(33(39)36-15-13-35(14-16-36)17-18-38)19-29-25(3)26(4)37(32(29)31)22-27-11-6-5-7-12-27/h5-12,19-20,34,38H,13-18,21-22H2,1-4H3. The van der Waals surface area contributed by atoms with E-state index in [2.05, 4.69) is 97.1 Å². The fraction of sp³-hybridized carbons (Fsp3) is 0.364. The lowest BCUT2D eigenvalue weighted by atomic mass is 10.0. The molecule has 3 aromatic carbocycles. The molecule has 2 heterocycles. The molecule has 0 unspecified atom stereocenters. The van der Waals surface area contributed by atoms with Gasteiger partial charge in [0.25, 0.3) is 5.91 Å². The second-order valence-corrected chi connectivity index (χ2v) is 10.8. The summed E-state index contributed by atoms with van der Waals surface area (Å²) in [5.74, 6) is 0.0727. The number of hydrogen-bond acceptors (Lipinski definition) is 4. The number of benzene rings is 3. The summed E-state index contributed by atoms with van der Waals surface area (Å²) in [4.78, 5) is 17.9. The van der Waals surface area contributed by atoms with Crippen LogP contribution in [0.25, 0.3) is 10.9 Å². The van der Waals surface area contributed by atoms with Crippen molar-refractivity contribution in [3.63, 3.8) is 0 Å². The van der Waals surface area contributed by atoms with E-state index in [4.69, 9.17) is 0 Å². The number of aliphatic hydroxyl groups is 1. The van der Waals surface area contributed by atoms with Crippen molar-refractivity contribution >= 4 is 22.5 Å². The average Bonchev–Trinajstić information content (AvgIpc) is 3.18. The minimum Gasteiger partial charge on any atom is -0.395 e. The fourth-order valence-corrected chi connectivity index (χ4v) is 5.81. The van der Waals surface area contributed by atoms with Gasteiger partial charge >= 0.3 is 0 Å². The highest BCUT2D eigenvalue weighted by Crippen LogP contribution is 2.34. The molecule has 0 bridgehead atoms. The molecule has 1 amide bonds. The van der Waals surface area contributed by atoms with E-state index in [0.717, 1.165) is 41.8 Å². The van der Waals surface area contributed by atoms with Crippen molar-refractivity contribution < 1.29 is 9.90 Å². The van der Waals surface area contributed by atoms with Gasteiger partial charge in [0.05, 0.1) is 17.8 Å². The molecule has 1 aliphatic heterocycles. The highest BCUT2D eigenvalue weighted by atomic mass is 16.3. The highest BCUT2D eigenvalue weighted by molar-refractivity contribution is 6.04. The summed E-state index contributed by atoms with van der Waals surface area (Å²) >= 11 is 0. The van der Waals surface area contributed by atoms with Crippen LogP contribution in [0.3, 0.4) is 0 Å². The Morgan fingerprint density at radius 2 is 1.59 bits per heavy atom. The summed E-state index contributed by atoms with van der Waals surface area (Å²) in [7, 11) is 0. The van der Waals surface area contributed by atoms with Gasteiger partial charge in [-0.05, 0) is 67.6 Å². The van der Waals surface area contributed by atoms with Crippen molar-refractivity contribution in [1.82, 2.24) is 14.4 Å². The Morgan fingerprint density at radius 3 is 2.26 bits per heavy atom. The van der Waals surface area contributed by atoms with E-state index in [1.165, 1.54) is 33.5 Å². The van der Waals surface area contributed by atoms with E-state index in [1.807, 2.05) is 11.0 Å². The molecule has 1 aliphatic rings. The number of piperazine rings is 1. The molecule has 0 atom stereocenters. The maximum absolute atomic E-state index is 13.8. The first-order chi connectivity index (χ1) is 18.9. The van der Waals surface area contributed by atoms with Crippen LogP contribution >= 0.6 is 0 Å². The third-order valence-electron chi connectivity index (χ3n) is 8.34. The molecular formula is C33H40N4O2. The summed E-state index contributed by atoms with van der Waals surface area (Å²) in [5.41, 5.74) is 10.3. The zero-order valence-corrected chi connectivity index (χ0v) is 23.6. The Kier molecular flexibility index (Phi) is 8.05. The number of nitrogens with one attached hydrogen (secondary N) is 1. The summed E-state index contributed by atoms with van der Waals surface area (Å²) in [6, 6.07) is 21.1. The van der Waals surface area contributed by atoms with E-state index >= 15 is 0 Å². The van der Waals surface area contributed by atoms with Crippen LogP contribution in [0, 0.1) is 27.7 Å². The first kappa shape index (κ1) is 27.0. The van der Waals surface area contributed by atoms with Gasteiger partial charge in [0.2, 0.25) is 0 Å². The lowest BCUT2D eigenvalue weighted by Crippen LogP contribution is -2.49. The van der Waals surface area contributed by atoms with Gasteiger partial charge in [-0.3, -0.25) is 9.69 Å². The van der Waals surface area contributed by atoms with Gasteiger partial charge in [-0.25, -0.2) is 0 Å². The second kappa shape index (κ2) is 11.6. The van der Waals surface area contributed by atoms with Crippen molar-refractivity contribution in [3.8, 4) is 0 Å². The van der Waals surface area contributed by atoms with Crippen molar-refractivity contribution in [2.45, 2.75) is 40.8 Å². The molecule has 0 spiro atoms. The van der Waals surface area contributed by atoms with Crippen LogP contribution in [-0.2, 0) is 13.1 Å². The van der Waals surface area contributed by atoms with Crippen molar-refractivity contribution in [2.75, 3.05) is 44.6 Å². The van der Waals surface area contributed by atoms with Crippen molar-refractivity contribution in [3.05, 3.63) is 99.7 Å². The number of carbonyl (C=O) groups is 1. The van der Waals surface area contributed by atoms with E-state index in [0.29, 0.717) is 26.2 Å². The number of rotatable bonds is 8. The molecule has 1 saturated heterocycles. The summed E-state index contributed by atoms with van der Waals surface area (Å²) < 4.78 is 2.38. The smallest absolute Gasteiger partial charge is 0.254 e. The van der Waals surface area contributed by atoms with E-state index < -0.39 is 0 Å². The summed E-state index contributed by atoms with van der Waals surface area (Å²) in [5, 5.41) is 14.2. The van der Waals surface area contributed by atoms with Crippen LogP contribution in [0.1, 0.15) is 43.9 Å². The predicted molar refractivity (Wildman–Crippen MR) is 160 cm³/mol. The molecule has 204 valence electrons. The van der Waals surface area contributed by atoms with Gasteiger partial charge in [-0.1, -0.05) is 48.5 Å². The van der Waals surface area contributed by atoms with Gasteiger partial charge in [0, 0.05) is 62.5 Å². The zero-order valence-electron chi connectivity index (χ0n) is 23.6. The molecule has 39 heavy (non-hydrogen) atoms. The third-order valence-corrected chi connectivity index (χ3v) is 8.34. The Bertz CT molecular complexity index is 1450. The van der Waals surface area contributed by atoms with Crippen LogP contribution in [0.2, 0.25) is 0 Å². The van der Waals surface area contributed by atoms with Crippen LogP contribution in [-0.4, -0.2) is 64.7 Å². The molecule has 4 aromatic rings. The van der Waals surface area contributed by atoms with E-state index in [9.17, 15) is 9.90 Å². The second-order valence-electron chi connectivity index (χ2n) is 10.8. The van der Waals surface area contributed by atoms with Crippen molar-refractivity contribution in [1.29, 1.82) is 0 Å². The first-order valence-corrected chi connectivity index (χ1v) is 14.0. The number of fused-ring (bicyclic) bond motifs is 1. The largest absolute Gasteiger partial charge is 0.395 e. The van der Waals surface area contributed by atoms with E-state index in [1.54, 1.807) is 0 Å². The highest BCUT2D eigenvalue weighted by Gasteiger charge is 2.24. The number of nitrogens with zero attached hydrogens (tertiary/aromatic N) is 3. The number of amides is 1.